The largest absolute Gasteiger partial charge is 0.378 e. The maximum atomic E-state index is 4.33. The first kappa shape index (κ1) is 11.4. The SMILES string of the molecule is c1cc2c(s1)CCCC2Nc1ccc2ncsc2c1. The zero-order chi connectivity index (χ0) is 12.7. The van der Waals surface area contributed by atoms with Crippen molar-refractivity contribution in [2.24, 2.45) is 0 Å². The van der Waals surface area contributed by atoms with E-state index in [4.69, 9.17) is 0 Å². The summed E-state index contributed by atoms with van der Waals surface area (Å²) in [5.74, 6) is 0. The molecule has 0 aliphatic heterocycles. The van der Waals surface area contributed by atoms with Gasteiger partial charge < -0.3 is 5.32 Å². The zero-order valence-corrected chi connectivity index (χ0v) is 12.1. The number of hydrogen-bond acceptors (Lipinski definition) is 4. The minimum atomic E-state index is 0.473. The van der Waals surface area contributed by atoms with Gasteiger partial charge in [0.05, 0.1) is 21.8 Å². The lowest BCUT2D eigenvalue weighted by Gasteiger charge is -2.24. The number of fused-ring (bicyclic) bond motifs is 2. The predicted molar refractivity (Wildman–Crippen MR) is 83.2 cm³/mol. The number of thiophene rings is 1. The van der Waals surface area contributed by atoms with E-state index in [1.807, 2.05) is 16.8 Å². The molecular weight excluding hydrogens is 272 g/mol. The van der Waals surface area contributed by atoms with Crippen LogP contribution in [0.4, 0.5) is 5.69 Å². The minimum Gasteiger partial charge on any atom is -0.378 e. The summed E-state index contributed by atoms with van der Waals surface area (Å²) < 4.78 is 1.26. The summed E-state index contributed by atoms with van der Waals surface area (Å²) in [5.41, 5.74) is 5.71. The van der Waals surface area contributed by atoms with Crippen LogP contribution in [0.1, 0.15) is 29.3 Å². The lowest BCUT2D eigenvalue weighted by Crippen LogP contribution is -2.15. The van der Waals surface area contributed by atoms with Crippen LogP contribution in [0.2, 0.25) is 0 Å². The first-order chi connectivity index (χ1) is 9.40. The molecule has 1 atom stereocenters. The van der Waals surface area contributed by atoms with Crippen molar-refractivity contribution in [2.45, 2.75) is 25.3 Å². The van der Waals surface area contributed by atoms with E-state index in [9.17, 15) is 0 Å². The molecule has 3 aromatic rings. The highest BCUT2D eigenvalue weighted by Crippen LogP contribution is 2.36. The number of rotatable bonds is 2. The highest BCUT2D eigenvalue weighted by Gasteiger charge is 2.20. The molecule has 1 aliphatic rings. The van der Waals surface area contributed by atoms with E-state index >= 15 is 0 Å². The molecule has 0 saturated carbocycles. The molecule has 1 N–H and O–H groups in total. The summed E-state index contributed by atoms with van der Waals surface area (Å²) >= 11 is 3.60. The van der Waals surface area contributed by atoms with Crippen LogP contribution >= 0.6 is 22.7 Å². The van der Waals surface area contributed by atoms with E-state index < -0.39 is 0 Å². The Bertz CT molecular complexity index is 714. The number of nitrogens with zero attached hydrogens (tertiary/aromatic N) is 1. The van der Waals surface area contributed by atoms with Gasteiger partial charge in [-0.1, -0.05) is 0 Å². The molecule has 4 rings (SSSR count). The second-order valence-electron chi connectivity index (χ2n) is 4.92. The fraction of sp³-hybridized carbons (Fsp3) is 0.267. The lowest BCUT2D eigenvalue weighted by atomic mass is 9.94. The van der Waals surface area contributed by atoms with Crippen molar-refractivity contribution in [3.05, 3.63) is 45.6 Å². The Hall–Kier alpha value is -1.39. The quantitative estimate of drug-likeness (QED) is 0.728. The van der Waals surface area contributed by atoms with Crippen LogP contribution < -0.4 is 5.32 Å². The van der Waals surface area contributed by atoms with E-state index in [0.29, 0.717) is 6.04 Å². The topological polar surface area (TPSA) is 24.9 Å². The Kier molecular flexibility index (Phi) is 2.78. The maximum absolute atomic E-state index is 4.33. The van der Waals surface area contributed by atoms with Gasteiger partial charge >= 0.3 is 0 Å². The van der Waals surface area contributed by atoms with E-state index in [0.717, 1.165) is 5.52 Å². The van der Waals surface area contributed by atoms with Gasteiger partial charge in [0.1, 0.15) is 0 Å². The molecule has 2 heterocycles. The Labute approximate surface area is 120 Å². The van der Waals surface area contributed by atoms with Crippen molar-refractivity contribution >= 4 is 38.6 Å². The molecular formula is C15H14N2S2. The van der Waals surface area contributed by atoms with E-state index in [1.54, 1.807) is 16.2 Å². The third-order valence-corrected chi connectivity index (χ3v) is 5.51. The number of thiazole rings is 1. The molecule has 0 saturated heterocycles. The molecule has 19 heavy (non-hydrogen) atoms. The van der Waals surface area contributed by atoms with E-state index in [-0.39, 0.29) is 0 Å². The third-order valence-electron chi connectivity index (χ3n) is 3.72. The van der Waals surface area contributed by atoms with Gasteiger partial charge in [-0.15, -0.1) is 22.7 Å². The molecule has 0 bridgehead atoms. The van der Waals surface area contributed by atoms with Gasteiger partial charge in [0.2, 0.25) is 0 Å². The van der Waals surface area contributed by atoms with Crippen molar-refractivity contribution in [1.82, 2.24) is 4.98 Å². The second kappa shape index (κ2) is 4.62. The standard InChI is InChI=1S/C15H14N2S2/c1-2-12(11-6-7-18-14(11)3-1)17-10-4-5-13-15(8-10)19-9-16-13/h4-9,12,17H,1-3H2. The average molecular weight is 286 g/mol. The summed E-state index contributed by atoms with van der Waals surface area (Å²) in [5, 5.41) is 5.91. The molecule has 96 valence electrons. The van der Waals surface area contributed by atoms with E-state index in [1.165, 1.54) is 35.2 Å². The first-order valence-corrected chi connectivity index (χ1v) is 8.32. The van der Waals surface area contributed by atoms with Crippen LogP contribution in [0.3, 0.4) is 0 Å². The van der Waals surface area contributed by atoms with Crippen molar-refractivity contribution in [3.8, 4) is 0 Å². The maximum Gasteiger partial charge on any atom is 0.0813 e. The monoisotopic (exact) mass is 286 g/mol. The first-order valence-electron chi connectivity index (χ1n) is 6.56. The Morgan fingerprint density at radius 1 is 1.21 bits per heavy atom. The molecule has 0 spiro atoms. The fourth-order valence-electron chi connectivity index (χ4n) is 2.78. The smallest absolute Gasteiger partial charge is 0.0813 e. The van der Waals surface area contributed by atoms with Crippen LogP contribution in [0, 0.1) is 0 Å². The molecule has 2 nitrogen and oxygen atoms in total. The lowest BCUT2D eigenvalue weighted by molar-refractivity contribution is 0.609. The van der Waals surface area contributed by atoms with Crippen LogP contribution in [0.25, 0.3) is 10.2 Å². The van der Waals surface area contributed by atoms with E-state index in [2.05, 4.69) is 39.9 Å². The van der Waals surface area contributed by atoms with Gasteiger partial charge in [-0.2, -0.15) is 0 Å². The Balaban J connectivity index is 1.65. The highest BCUT2D eigenvalue weighted by atomic mass is 32.1. The Morgan fingerprint density at radius 2 is 2.21 bits per heavy atom. The van der Waals surface area contributed by atoms with Crippen molar-refractivity contribution in [3.63, 3.8) is 0 Å². The van der Waals surface area contributed by atoms with Crippen LogP contribution in [-0.4, -0.2) is 4.98 Å². The van der Waals surface area contributed by atoms with Crippen LogP contribution in [0.15, 0.2) is 35.2 Å². The van der Waals surface area contributed by atoms with Gasteiger partial charge in [-0.3, -0.25) is 0 Å². The van der Waals surface area contributed by atoms with Crippen molar-refractivity contribution in [1.29, 1.82) is 0 Å². The number of aromatic nitrogens is 1. The van der Waals surface area contributed by atoms with Gasteiger partial charge in [0, 0.05) is 10.6 Å². The summed E-state index contributed by atoms with van der Waals surface area (Å²) in [7, 11) is 0. The summed E-state index contributed by atoms with van der Waals surface area (Å²) in [6, 6.07) is 9.21. The predicted octanol–water partition coefficient (Wildman–Crippen LogP) is 4.85. The number of aryl methyl sites for hydroxylation is 1. The molecule has 0 radical (unpaired) electrons. The molecule has 0 amide bonds. The van der Waals surface area contributed by atoms with Crippen molar-refractivity contribution < 1.29 is 0 Å². The number of benzene rings is 1. The normalized spacial score (nSPS) is 18.4. The summed E-state index contributed by atoms with van der Waals surface area (Å²) in [4.78, 5) is 5.88. The fourth-order valence-corrected chi connectivity index (χ4v) is 4.49. The van der Waals surface area contributed by atoms with Gasteiger partial charge in [-0.25, -0.2) is 4.98 Å². The molecule has 4 heteroatoms. The highest BCUT2D eigenvalue weighted by molar-refractivity contribution is 7.16. The molecule has 1 aromatic carbocycles. The summed E-state index contributed by atoms with van der Waals surface area (Å²) in [6.07, 6.45) is 3.76. The van der Waals surface area contributed by atoms with Gasteiger partial charge in [-0.05, 0) is 54.5 Å². The summed E-state index contributed by atoms with van der Waals surface area (Å²) in [6.45, 7) is 0. The Morgan fingerprint density at radius 3 is 3.21 bits per heavy atom. The minimum absolute atomic E-state index is 0.473. The van der Waals surface area contributed by atoms with Crippen molar-refractivity contribution in [2.75, 3.05) is 5.32 Å². The number of hydrogen-bond donors (Lipinski definition) is 1. The molecule has 2 aromatic heterocycles. The third kappa shape index (κ3) is 2.05. The van der Waals surface area contributed by atoms with Crippen LogP contribution in [-0.2, 0) is 6.42 Å². The molecule has 0 fully saturated rings. The van der Waals surface area contributed by atoms with Gasteiger partial charge in [0.15, 0.2) is 0 Å². The zero-order valence-electron chi connectivity index (χ0n) is 10.4. The average Bonchev–Trinajstić information content (AvgIpc) is 3.06. The molecule has 1 aliphatic carbocycles. The number of nitrogens with one attached hydrogen (secondary N) is 1. The number of anilines is 1. The molecule has 1 unspecified atom stereocenters. The van der Waals surface area contributed by atoms with Gasteiger partial charge in [0.25, 0.3) is 0 Å². The van der Waals surface area contributed by atoms with Crippen LogP contribution in [0.5, 0.6) is 0 Å². The second-order valence-corrected chi connectivity index (χ2v) is 6.81.